The van der Waals surface area contributed by atoms with E-state index >= 15 is 0 Å². The van der Waals surface area contributed by atoms with Crippen molar-refractivity contribution in [2.45, 2.75) is 6.54 Å². The standard InChI is InChI=1S/C22H27N5O2/c1-26-8-10-27(11-9-26)22-24-20-7-5-4-6-19(20)21(25-22)23-15-16-12-17(28-2)14-18(13-16)29-3/h4-7,12-14H,8-11,15H2,1-3H3,(H,23,24,25). The number of rotatable bonds is 6. The van der Waals surface area contributed by atoms with Gasteiger partial charge in [0.1, 0.15) is 17.3 Å². The number of anilines is 2. The predicted molar refractivity (Wildman–Crippen MR) is 116 cm³/mol. The Hall–Kier alpha value is -3.06. The van der Waals surface area contributed by atoms with Crippen LogP contribution >= 0.6 is 0 Å². The normalized spacial score (nSPS) is 14.8. The quantitative estimate of drug-likeness (QED) is 0.691. The number of piperazine rings is 1. The van der Waals surface area contributed by atoms with Crippen LogP contribution < -0.4 is 19.7 Å². The smallest absolute Gasteiger partial charge is 0.227 e. The molecular weight excluding hydrogens is 366 g/mol. The Balaban J connectivity index is 1.62. The average molecular weight is 393 g/mol. The van der Waals surface area contributed by atoms with E-state index in [1.807, 2.05) is 36.4 Å². The molecule has 4 rings (SSSR count). The van der Waals surface area contributed by atoms with Crippen LogP contribution in [-0.2, 0) is 6.54 Å². The number of nitrogens with one attached hydrogen (secondary N) is 1. The molecule has 1 N–H and O–H groups in total. The molecule has 1 saturated heterocycles. The minimum atomic E-state index is 0.608. The van der Waals surface area contributed by atoms with Gasteiger partial charge in [0.25, 0.3) is 0 Å². The maximum Gasteiger partial charge on any atom is 0.227 e. The molecule has 0 atom stereocenters. The number of nitrogens with zero attached hydrogens (tertiary/aromatic N) is 4. The first-order valence-corrected chi connectivity index (χ1v) is 9.82. The van der Waals surface area contributed by atoms with Crippen LogP contribution in [0.5, 0.6) is 11.5 Å². The van der Waals surface area contributed by atoms with Gasteiger partial charge in [0.15, 0.2) is 0 Å². The summed E-state index contributed by atoms with van der Waals surface area (Å²) < 4.78 is 10.8. The van der Waals surface area contributed by atoms with E-state index < -0.39 is 0 Å². The third-order valence-corrected chi connectivity index (χ3v) is 5.25. The molecule has 0 spiro atoms. The zero-order valence-corrected chi connectivity index (χ0v) is 17.2. The molecule has 29 heavy (non-hydrogen) atoms. The summed E-state index contributed by atoms with van der Waals surface area (Å²) in [5.74, 6) is 3.16. The fourth-order valence-corrected chi connectivity index (χ4v) is 3.50. The van der Waals surface area contributed by atoms with E-state index in [1.165, 1.54) is 0 Å². The summed E-state index contributed by atoms with van der Waals surface area (Å²) in [7, 11) is 5.46. The number of methoxy groups -OCH3 is 2. The Bertz CT molecular complexity index is 964. The van der Waals surface area contributed by atoms with Gasteiger partial charge in [-0.15, -0.1) is 0 Å². The molecule has 0 unspecified atom stereocenters. The Labute approximate surface area is 171 Å². The lowest BCUT2D eigenvalue weighted by Gasteiger charge is -2.32. The third kappa shape index (κ3) is 4.35. The highest BCUT2D eigenvalue weighted by Crippen LogP contribution is 2.26. The molecule has 7 nitrogen and oxygen atoms in total. The van der Waals surface area contributed by atoms with Gasteiger partial charge in [-0.2, -0.15) is 4.98 Å². The van der Waals surface area contributed by atoms with Gasteiger partial charge in [-0.3, -0.25) is 0 Å². The number of hydrogen-bond donors (Lipinski definition) is 1. The van der Waals surface area contributed by atoms with Crippen molar-refractivity contribution in [2.24, 2.45) is 0 Å². The third-order valence-electron chi connectivity index (χ3n) is 5.25. The van der Waals surface area contributed by atoms with Crippen molar-refractivity contribution >= 4 is 22.7 Å². The molecular formula is C22H27N5O2. The summed E-state index contributed by atoms with van der Waals surface area (Å²) in [6.07, 6.45) is 0. The number of aromatic nitrogens is 2. The lowest BCUT2D eigenvalue weighted by atomic mass is 10.2. The molecule has 3 aromatic rings. The zero-order chi connectivity index (χ0) is 20.2. The SMILES string of the molecule is COc1cc(CNc2nc(N3CCN(C)CC3)nc3ccccc23)cc(OC)c1. The fraction of sp³-hybridized carbons (Fsp3) is 0.364. The van der Waals surface area contributed by atoms with Gasteiger partial charge in [0.05, 0.1) is 19.7 Å². The Kier molecular flexibility index (Phi) is 5.67. The first-order chi connectivity index (χ1) is 14.2. The van der Waals surface area contributed by atoms with E-state index in [4.69, 9.17) is 19.4 Å². The molecule has 1 fully saturated rings. The average Bonchev–Trinajstić information content (AvgIpc) is 2.77. The summed E-state index contributed by atoms with van der Waals surface area (Å²) in [4.78, 5) is 14.3. The minimum Gasteiger partial charge on any atom is -0.497 e. The molecule has 1 aromatic heterocycles. The van der Waals surface area contributed by atoms with Crippen molar-refractivity contribution < 1.29 is 9.47 Å². The topological polar surface area (TPSA) is 62.8 Å². The maximum absolute atomic E-state index is 5.38. The molecule has 2 heterocycles. The first-order valence-electron chi connectivity index (χ1n) is 9.82. The lowest BCUT2D eigenvalue weighted by molar-refractivity contribution is 0.311. The molecule has 2 aromatic carbocycles. The van der Waals surface area contributed by atoms with Crippen LogP contribution in [0.4, 0.5) is 11.8 Å². The highest BCUT2D eigenvalue weighted by atomic mass is 16.5. The lowest BCUT2D eigenvalue weighted by Crippen LogP contribution is -2.45. The van der Waals surface area contributed by atoms with E-state index in [2.05, 4.69) is 28.2 Å². The molecule has 0 aliphatic carbocycles. The van der Waals surface area contributed by atoms with Gasteiger partial charge in [-0.1, -0.05) is 12.1 Å². The Morgan fingerprint density at radius 1 is 0.931 bits per heavy atom. The number of benzene rings is 2. The van der Waals surface area contributed by atoms with Crippen LogP contribution in [0.15, 0.2) is 42.5 Å². The monoisotopic (exact) mass is 393 g/mol. The number of fused-ring (bicyclic) bond motifs is 1. The minimum absolute atomic E-state index is 0.608. The largest absolute Gasteiger partial charge is 0.497 e. The van der Waals surface area contributed by atoms with Gasteiger partial charge < -0.3 is 24.6 Å². The number of para-hydroxylation sites is 1. The van der Waals surface area contributed by atoms with Crippen molar-refractivity contribution in [3.05, 3.63) is 48.0 Å². The number of ether oxygens (including phenoxy) is 2. The van der Waals surface area contributed by atoms with Crippen molar-refractivity contribution in [1.29, 1.82) is 0 Å². The van der Waals surface area contributed by atoms with Crippen LogP contribution in [0, 0.1) is 0 Å². The van der Waals surface area contributed by atoms with Crippen LogP contribution in [0.25, 0.3) is 10.9 Å². The number of likely N-dealkylation sites (N-methyl/N-ethyl adjacent to an activating group) is 1. The molecule has 152 valence electrons. The first kappa shape index (κ1) is 19.3. The zero-order valence-electron chi connectivity index (χ0n) is 17.2. The van der Waals surface area contributed by atoms with Gasteiger partial charge >= 0.3 is 0 Å². The second-order valence-electron chi connectivity index (χ2n) is 7.25. The van der Waals surface area contributed by atoms with Crippen molar-refractivity contribution in [3.8, 4) is 11.5 Å². The highest BCUT2D eigenvalue weighted by molar-refractivity contribution is 5.90. The van der Waals surface area contributed by atoms with E-state index in [0.717, 1.165) is 65.9 Å². The van der Waals surface area contributed by atoms with E-state index in [-0.39, 0.29) is 0 Å². The van der Waals surface area contributed by atoms with Crippen LogP contribution in [-0.4, -0.2) is 62.3 Å². The Morgan fingerprint density at radius 3 is 2.31 bits per heavy atom. The van der Waals surface area contributed by atoms with E-state index in [9.17, 15) is 0 Å². The summed E-state index contributed by atoms with van der Waals surface area (Å²) >= 11 is 0. The molecule has 0 radical (unpaired) electrons. The van der Waals surface area contributed by atoms with Gasteiger partial charge in [-0.05, 0) is 36.9 Å². The van der Waals surface area contributed by atoms with Crippen LogP contribution in [0.2, 0.25) is 0 Å². The van der Waals surface area contributed by atoms with Gasteiger partial charge in [-0.25, -0.2) is 4.98 Å². The summed E-state index contributed by atoms with van der Waals surface area (Å²) in [6, 6.07) is 14.0. The molecule has 0 bridgehead atoms. The molecule has 7 heteroatoms. The maximum atomic E-state index is 5.38. The van der Waals surface area contributed by atoms with Crippen molar-refractivity contribution in [1.82, 2.24) is 14.9 Å². The molecule has 0 amide bonds. The summed E-state index contributed by atoms with van der Waals surface area (Å²) in [5, 5.41) is 4.51. The van der Waals surface area contributed by atoms with E-state index in [0.29, 0.717) is 6.54 Å². The fourth-order valence-electron chi connectivity index (χ4n) is 3.50. The Morgan fingerprint density at radius 2 is 1.62 bits per heavy atom. The van der Waals surface area contributed by atoms with Crippen LogP contribution in [0.3, 0.4) is 0 Å². The molecule has 1 aliphatic rings. The second kappa shape index (κ2) is 8.53. The summed E-state index contributed by atoms with van der Waals surface area (Å²) in [5.41, 5.74) is 2.01. The number of hydrogen-bond acceptors (Lipinski definition) is 7. The van der Waals surface area contributed by atoms with Gasteiger partial charge in [0, 0.05) is 44.2 Å². The second-order valence-corrected chi connectivity index (χ2v) is 7.25. The van der Waals surface area contributed by atoms with Gasteiger partial charge in [0.2, 0.25) is 5.95 Å². The predicted octanol–water partition coefficient (Wildman–Crippen LogP) is 3.01. The van der Waals surface area contributed by atoms with Crippen LogP contribution in [0.1, 0.15) is 5.56 Å². The van der Waals surface area contributed by atoms with Crippen molar-refractivity contribution in [2.75, 3.05) is 57.7 Å². The molecule has 0 saturated carbocycles. The van der Waals surface area contributed by atoms with Crippen molar-refractivity contribution in [3.63, 3.8) is 0 Å². The van der Waals surface area contributed by atoms with E-state index in [1.54, 1.807) is 14.2 Å². The summed E-state index contributed by atoms with van der Waals surface area (Å²) in [6.45, 7) is 4.50. The highest BCUT2D eigenvalue weighted by Gasteiger charge is 2.18. The molecule has 1 aliphatic heterocycles.